The molecule has 1 aliphatic rings. The van der Waals surface area contributed by atoms with Gasteiger partial charge >= 0.3 is 5.97 Å². The van der Waals surface area contributed by atoms with Crippen LogP contribution in [0, 0.1) is 5.82 Å². The van der Waals surface area contributed by atoms with Gasteiger partial charge in [0.25, 0.3) is 0 Å². The minimum absolute atomic E-state index is 0.0948. The van der Waals surface area contributed by atoms with Crippen LogP contribution in [0.2, 0.25) is 0 Å². The maximum atomic E-state index is 13.3. The summed E-state index contributed by atoms with van der Waals surface area (Å²) in [6, 6.07) is 6.30. The van der Waals surface area contributed by atoms with E-state index in [9.17, 15) is 9.18 Å². The molecule has 0 saturated carbocycles. The molecule has 5 nitrogen and oxygen atoms in total. The van der Waals surface area contributed by atoms with Crippen LogP contribution in [0.1, 0.15) is 28.9 Å². The zero-order valence-corrected chi connectivity index (χ0v) is 11.0. The van der Waals surface area contributed by atoms with Gasteiger partial charge < -0.3 is 10.1 Å². The molecule has 0 aliphatic carbocycles. The Kier molecular flexibility index (Phi) is 3.14. The van der Waals surface area contributed by atoms with E-state index in [1.807, 2.05) is 6.07 Å². The lowest BCUT2D eigenvalue weighted by atomic mass is 10.1. The Hall–Kier alpha value is -2.37. The summed E-state index contributed by atoms with van der Waals surface area (Å²) in [6.07, 6.45) is 1.49. The molecule has 0 saturated heterocycles. The summed E-state index contributed by atoms with van der Waals surface area (Å²) >= 11 is 0. The third-order valence-corrected chi connectivity index (χ3v) is 3.25. The molecule has 0 amide bonds. The third-order valence-electron chi connectivity index (χ3n) is 3.25. The molecule has 2 aromatic rings. The number of nitrogens with one attached hydrogen (secondary N) is 1. The average molecular weight is 275 g/mol. The number of nitrogens with zero attached hydrogens (tertiary/aromatic N) is 2. The Balaban J connectivity index is 1.84. The van der Waals surface area contributed by atoms with Crippen LogP contribution in [0.3, 0.4) is 0 Å². The highest BCUT2D eigenvalue weighted by molar-refractivity contribution is 5.94. The van der Waals surface area contributed by atoms with Gasteiger partial charge in [-0.25, -0.2) is 13.9 Å². The van der Waals surface area contributed by atoms with Crippen molar-refractivity contribution in [3.8, 4) is 0 Å². The first-order chi connectivity index (χ1) is 9.69. The lowest BCUT2D eigenvalue weighted by Crippen LogP contribution is -2.10. The molecule has 0 bridgehead atoms. The average Bonchev–Trinajstić information content (AvgIpc) is 2.98. The summed E-state index contributed by atoms with van der Waals surface area (Å²) in [4.78, 5) is 11.8. The zero-order valence-electron chi connectivity index (χ0n) is 11.0. The number of hydrogen-bond donors (Lipinski definition) is 1. The van der Waals surface area contributed by atoms with Gasteiger partial charge in [0.05, 0.1) is 25.4 Å². The summed E-state index contributed by atoms with van der Waals surface area (Å²) in [7, 11) is 0. The number of anilines is 1. The van der Waals surface area contributed by atoms with Gasteiger partial charge in [0.15, 0.2) is 0 Å². The Bertz CT molecular complexity index is 654. The molecule has 1 aromatic carbocycles. The number of fused-ring (bicyclic) bond motifs is 1. The molecule has 3 rings (SSSR count). The molecule has 0 fully saturated rings. The fourth-order valence-electron chi connectivity index (χ4n) is 2.33. The summed E-state index contributed by atoms with van der Waals surface area (Å²) in [6.45, 7) is 2.62. The smallest absolute Gasteiger partial charge is 0.343 e. The van der Waals surface area contributed by atoms with Gasteiger partial charge in [0.2, 0.25) is 0 Å². The maximum Gasteiger partial charge on any atom is 0.343 e. The van der Waals surface area contributed by atoms with Crippen molar-refractivity contribution in [1.29, 1.82) is 0 Å². The number of carbonyl (C=O) groups is 1. The number of benzene rings is 1. The number of carbonyl (C=O) groups excluding carboxylic acids is 1. The second-order valence-corrected chi connectivity index (χ2v) is 4.56. The van der Waals surface area contributed by atoms with Crippen molar-refractivity contribution in [1.82, 2.24) is 9.78 Å². The number of ether oxygens (including phenoxy) is 1. The van der Waals surface area contributed by atoms with Gasteiger partial charge in [-0.2, -0.15) is 5.10 Å². The highest BCUT2D eigenvalue weighted by Gasteiger charge is 2.28. The molecule has 1 N–H and O–H groups in total. The molecule has 6 heteroatoms. The van der Waals surface area contributed by atoms with Gasteiger partial charge in [0.1, 0.15) is 17.2 Å². The van der Waals surface area contributed by atoms with Gasteiger partial charge in [0, 0.05) is 0 Å². The fourth-order valence-corrected chi connectivity index (χ4v) is 2.33. The summed E-state index contributed by atoms with van der Waals surface area (Å²) in [5.41, 5.74) is 1.23. The predicted molar refractivity (Wildman–Crippen MR) is 70.9 cm³/mol. The molecule has 1 aromatic heterocycles. The Morgan fingerprint density at radius 3 is 3.20 bits per heavy atom. The highest BCUT2D eigenvalue weighted by atomic mass is 19.1. The van der Waals surface area contributed by atoms with E-state index in [1.54, 1.807) is 17.7 Å². The van der Waals surface area contributed by atoms with E-state index in [1.165, 1.54) is 18.3 Å². The molecule has 104 valence electrons. The quantitative estimate of drug-likeness (QED) is 0.874. The lowest BCUT2D eigenvalue weighted by Gasteiger charge is -2.11. The number of halogens is 1. The van der Waals surface area contributed by atoms with Crippen molar-refractivity contribution < 1.29 is 13.9 Å². The normalized spacial score (nSPS) is 16.6. The van der Waals surface area contributed by atoms with Crippen molar-refractivity contribution in [2.75, 3.05) is 11.9 Å². The zero-order chi connectivity index (χ0) is 14.1. The van der Waals surface area contributed by atoms with Crippen molar-refractivity contribution >= 4 is 11.8 Å². The van der Waals surface area contributed by atoms with Crippen LogP contribution < -0.4 is 5.32 Å². The van der Waals surface area contributed by atoms with E-state index in [0.717, 1.165) is 5.56 Å². The Morgan fingerprint density at radius 2 is 2.45 bits per heavy atom. The van der Waals surface area contributed by atoms with E-state index >= 15 is 0 Å². The Labute approximate surface area is 115 Å². The van der Waals surface area contributed by atoms with Crippen LogP contribution in [0.15, 0.2) is 30.5 Å². The standard InChI is InChI=1S/C14H14FN3O2/c1-2-20-14(19)11-7-16-18-8-12(17-13(11)18)9-4-3-5-10(15)6-9/h3-7,12,17H,2,8H2,1H3/t12-/m0/s1. The van der Waals surface area contributed by atoms with Crippen LogP contribution in [0.25, 0.3) is 0 Å². The SMILES string of the molecule is CCOC(=O)c1cnn2c1N[C@H](c1cccc(F)c1)C2. The first kappa shape index (κ1) is 12.7. The van der Waals surface area contributed by atoms with E-state index in [0.29, 0.717) is 24.5 Å². The van der Waals surface area contributed by atoms with Gasteiger partial charge in [-0.1, -0.05) is 12.1 Å². The first-order valence-corrected chi connectivity index (χ1v) is 6.44. The molecule has 1 aliphatic heterocycles. The molecular formula is C14H14FN3O2. The fraction of sp³-hybridized carbons (Fsp3) is 0.286. The van der Waals surface area contributed by atoms with Crippen LogP contribution in [-0.2, 0) is 11.3 Å². The summed E-state index contributed by atoms with van der Waals surface area (Å²) in [5, 5.41) is 7.36. The first-order valence-electron chi connectivity index (χ1n) is 6.44. The second-order valence-electron chi connectivity index (χ2n) is 4.56. The van der Waals surface area contributed by atoms with Crippen LogP contribution >= 0.6 is 0 Å². The monoisotopic (exact) mass is 275 g/mol. The van der Waals surface area contributed by atoms with Crippen molar-refractivity contribution in [3.63, 3.8) is 0 Å². The van der Waals surface area contributed by atoms with Crippen molar-refractivity contribution in [2.24, 2.45) is 0 Å². The van der Waals surface area contributed by atoms with E-state index < -0.39 is 5.97 Å². The van der Waals surface area contributed by atoms with E-state index in [4.69, 9.17) is 4.74 Å². The van der Waals surface area contributed by atoms with E-state index in [-0.39, 0.29) is 11.9 Å². The van der Waals surface area contributed by atoms with Gasteiger partial charge in [-0.15, -0.1) is 0 Å². The predicted octanol–water partition coefficient (Wildman–Crippen LogP) is 2.37. The van der Waals surface area contributed by atoms with Gasteiger partial charge in [-0.05, 0) is 24.6 Å². The van der Waals surface area contributed by atoms with E-state index in [2.05, 4.69) is 10.4 Å². The number of aromatic nitrogens is 2. The largest absolute Gasteiger partial charge is 0.462 e. The lowest BCUT2D eigenvalue weighted by molar-refractivity contribution is 0.0527. The third kappa shape index (κ3) is 2.13. The molecule has 2 heterocycles. The molecule has 1 atom stereocenters. The topological polar surface area (TPSA) is 56.1 Å². The van der Waals surface area contributed by atoms with Crippen molar-refractivity contribution in [3.05, 3.63) is 47.4 Å². The number of hydrogen-bond acceptors (Lipinski definition) is 4. The van der Waals surface area contributed by atoms with Crippen LogP contribution in [0.5, 0.6) is 0 Å². The second kappa shape index (κ2) is 4.96. The molecule has 0 radical (unpaired) electrons. The summed E-state index contributed by atoms with van der Waals surface area (Å²) < 4.78 is 19.9. The minimum Gasteiger partial charge on any atom is -0.462 e. The minimum atomic E-state index is -0.402. The molecule has 20 heavy (non-hydrogen) atoms. The Morgan fingerprint density at radius 1 is 1.60 bits per heavy atom. The van der Waals surface area contributed by atoms with Gasteiger partial charge in [-0.3, -0.25) is 0 Å². The maximum absolute atomic E-state index is 13.3. The van der Waals surface area contributed by atoms with Crippen LogP contribution in [-0.4, -0.2) is 22.4 Å². The highest BCUT2D eigenvalue weighted by Crippen LogP contribution is 2.31. The van der Waals surface area contributed by atoms with Crippen LogP contribution in [0.4, 0.5) is 10.2 Å². The number of rotatable bonds is 3. The number of esters is 1. The molecular weight excluding hydrogens is 261 g/mol. The van der Waals surface area contributed by atoms with Crippen molar-refractivity contribution in [2.45, 2.75) is 19.5 Å². The summed E-state index contributed by atoms with van der Waals surface area (Å²) in [5.74, 6) is -0.0571. The molecule has 0 unspecified atom stereocenters. The molecule has 0 spiro atoms.